The maximum Gasteiger partial charge on any atom is 4.00 e. The molecule has 0 saturated carbocycles. The van der Waals surface area contributed by atoms with E-state index in [1.165, 1.54) is 0 Å². The van der Waals surface area contributed by atoms with E-state index in [0.717, 1.165) is 0 Å². The van der Waals surface area contributed by atoms with E-state index in [4.69, 9.17) is 0 Å². The van der Waals surface area contributed by atoms with Gasteiger partial charge in [-0.25, -0.2) is 0 Å². The minimum absolute atomic E-state index is 0. The first-order valence-electron chi connectivity index (χ1n) is 0. The van der Waals surface area contributed by atoms with Gasteiger partial charge in [0.15, 0.2) is 0 Å². The third-order valence-corrected chi connectivity index (χ3v) is 0. The summed E-state index contributed by atoms with van der Waals surface area (Å²) in [4.78, 5) is 0. The Morgan fingerprint density at radius 1 is 0.235 bits per heavy atom. The van der Waals surface area contributed by atoms with Crippen LogP contribution in [0, 0.1) is 0 Å². The molecule has 0 aliphatic carbocycles. The summed E-state index contributed by atoms with van der Waals surface area (Å²) in [6.45, 7) is 0. The van der Waals surface area contributed by atoms with Crippen LogP contribution in [0.5, 0.6) is 0 Å². The zero-order chi connectivity index (χ0) is 0. The van der Waals surface area contributed by atoms with Gasteiger partial charge in [0.2, 0.25) is 0 Å². The van der Waals surface area contributed by atoms with Crippen molar-refractivity contribution in [2.75, 3.05) is 0 Å². The van der Waals surface area contributed by atoms with Crippen LogP contribution >= 0.6 is 0 Å². The summed E-state index contributed by atoms with van der Waals surface area (Å²) in [6.07, 6.45) is 0. The van der Waals surface area contributed by atoms with Gasteiger partial charge in [-0.3, -0.25) is 0 Å². The van der Waals surface area contributed by atoms with Gasteiger partial charge in [0.25, 0.3) is 0 Å². The third kappa shape index (κ3) is 388. The van der Waals surface area contributed by atoms with Crippen molar-refractivity contribution in [1.29, 1.82) is 0 Å². The van der Waals surface area contributed by atoms with Crippen molar-refractivity contribution in [3.05, 3.63) is 0 Å². The quantitative estimate of drug-likeness (QED) is 0.240. The van der Waals surface area contributed by atoms with E-state index in [1.54, 1.807) is 0 Å². The first kappa shape index (κ1) is 502. The van der Waals surface area contributed by atoms with Crippen molar-refractivity contribution in [1.82, 2.24) is 0 Å². The predicted molar refractivity (Wildman–Crippen MR) is 19.1 cm³/mol. The van der Waals surface area contributed by atoms with Crippen LogP contribution < -0.4 is 0 Å². The zero-order valence-electron chi connectivity index (χ0n) is 7.65. The molecule has 0 saturated heterocycles. The molecule has 0 heterocycles. The molecule has 0 spiro atoms. The van der Waals surface area contributed by atoms with Crippen molar-refractivity contribution in [2.45, 2.75) is 0 Å². The molecule has 0 aromatic rings. The number of hydrogen-bond donors (Lipinski definition) is 0. The Morgan fingerprint density at radius 2 is 0.235 bits per heavy atom. The molecule has 0 aromatic heterocycles. The molecule has 17 heavy (non-hydrogen) atoms. The Labute approximate surface area is 196 Å². The molecule has 0 fully saturated rings. The number of rotatable bonds is 0. The van der Waals surface area contributed by atoms with Crippen LogP contribution in [0.3, 0.4) is 0 Å². The first-order valence-corrected chi connectivity index (χ1v) is 0. The summed E-state index contributed by atoms with van der Waals surface area (Å²) in [6, 6.07) is 0. The molecule has 11 nitrogen and oxygen atoms in total. The van der Waals surface area contributed by atoms with Gasteiger partial charge in [-0.2, -0.15) is 0 Å². The van der Waals surface area contributed by atoms with E-state index in [9.17, 15) is 0 Å². The molecule has 0 aromatic carbocycles. The predicted octanol–water partition coefficient (Wildman–Crippen LogP) is -2.08. The van der Waals surface area contributed by atoms with E-state index in [2.05, 4.69) is 0 Å². The van der Waals surface area contributed by atoms with Gasteiger partial charge in [-0.05, 0) is 0 Å². The Morgan fingerprint density at radius 3 is 0.235 bits per heavy atom. The second-order valence-electron chi connectivity index (χ2n) is 0. The van der Waals surface area contributed by atoms with Gasteiger partial charge in [-0.15, -0.1) is 0 Å². The van der Waals surface area contributed by atoms with E-state index < -0.39 is 0 Å². The van der Waals surface area contributed by atoms with E-state index >= 15 is 0 Å². The van der Waals surface area contributed by atoms with Gasteiger partial charge < -0.3 is 60.2 Å². The van der Waals surface area contributed by atoms with E-state index in [1.807, 2.05) is 0 Å². The SMILES string of the molecule is [Al+3].[Al+3].[Hf+4].[Hf+4].[O-2].[O-2].[O-2].[O-2].[O-2].[O-2].[O-2].[O-2].[O-2].[O-2].[O-2].[Zr+4].[Zr+4]. The topological polar surface area (TPSA) is 314 Å². The molecule has 17 heteroatoms. The van der Waals surface area contributed by atoms with Gasteiger partial charge in [0.05, 0.1) is 0 Å². The van der Waals surface area contributed by atoms with Crippen LogP contribution in [0.1, 0.15) is 0 Å². The molecule has 0 aliphatic heterocycles. The largest absolute Gasteiger partial charge is 4.00 e. The first-order chi connectivity index (χ1) is 0. The van der Waals surface area contributed by atoms with E-state index in [0.29, 0.717) is 0 Å². The molecule has 0 unspecified atom stereocenters. The summed E-state index contributed by atoms with van der Waals surface area (Å²) in [5.41, 5.74) is 0. The molecular weight excluding hydrogens is 769 g/mol. The van der Waals surface area contributed by atoms with Crippen molar-refractivity contribution in [2.24, 2.45) is 0 Å². The molecule has 0 rings (SSSR count). The summed E-state index contributed by atoms with van der Waals surface area (Å²) in [5.74, 6) is 0. The molecule has 0 aliphatic rings. The molecule has 0 N–H and O–H groups in total. The van der Waals surface area contributed by atoms with Crippen molar-refractivity contribution < 1.29 is 164 Å². The minimum Gasteiger partial charge on any atom is -2.00 e. The maximum atomic E-state index is 0. The molecule has 0 atom stereocenters. The van der Waals surface area contributed by atoms with Gasteiger partial charge in [-0.1, -0.05) is 0 Å². The van der Waals surface area contributed by atoms with Gasteiger partial charge in [0, 0.05) is 0 Å². The standard InChI is InChI=1S/2Al.2Hf.11O.2Zr/q2*+3;2*+4;11*-2;2*+4. The Hall–Kier alpha value is 4.13. The zero-order valence-corrected chi connectivity index (χ0v) is 22.1. The van der Waals surface area contributed by atoms with Crippen molar-refractivity contribution in [3.63, 3.8) is 0 Å². The molecule has 0 radical (unpaired) electrons. The van der Waals surface area contributed by atoms with Gasteiger partial charge in [0.1, 0.15) is 0 Å². The molecule has 0 bridgehead atoms. The van der Waals surface area contributed by atoms with Crippen LogP contribution in [0.15, 0.2) is 0 Å². The average Bonchev–Trinajstić information content (AvgIpc) is 0. The van der Waals surface area contributed by atoms with Crippen molar-refractivity contribution in [3.8, 4) is 0 Å². The van der Waals surface area contributed by atoms with Crippen LogP contribution in [0.4, 0.5) is 0 Å². The van der Waals surface area contributed by atoms with E-state index in [-0.39, 0.29) is 199 Å². The second-order valence-corrected chi connectivity index (χ2v) is 0. The van der Waals surface area contributed by atoms with Gasteiger partial charge >= 0.3 is 139 Å². The Balaban J connectivity index is 0. The Bertz CT molecular complexity index is 25.4. The Kier molecular flexibility index (Phi) is 12700. The summed E-state index contributed by atoms with van der Waals surface area (Å²) in [5, 5.41) is 0. The molecule has 0 amide bonds. The van der Waals surface area contributed by atoms with Crippen LogP contribution in [-0.4, -0.2) is 34.7 Å². The summed E-state index contributed by atoms with van der Waals surface area (Å²) < 4.78 is 0. The van der Waals surface area contributed by atoms with Crippen LogP contribution in [0.2, 0.25) is 0 Å². The summed E-state index contributed by atoms with van der Waals surface area (Å²) in [7, 11) is 0. The minimum atomic E-state index is 0. The molecular formula is Al2Hf2O11Zr2. The fraction of sp³-hybridized carbons (Fsp3) is 0. The van der Waals surface area contributed by atoms with Crippen molar-refractivity contribution >= 4 is 34.7 Å². The normalized spacial score (nSPS) is 0. The van der Waals surface area contributed by atoms with Crippen LogP contribution in [-0.2, 0) is 164 Å². The summed E-state index contributed by atoms with van der Waals surface area (Å²) >= 11 is 0. The fourth-order valence-electron chi connectivity index (χ4n) is 0. The average molecular weight is 769 g/mol. The maximum absolute atomic E-state index is 0. The number of hydrogen-bond acceptors (Lipinski definition) is 0. The molecule has 88 valence electrons. The smallest absolute Gasteiger partial charge is 2.00 e. The third-order valence-electron chi connectivity index (χ3n) is 0. The monoisotopic (exact) mass is 770 g/mol. The fourth-order valence-corrected chi connectivity index (χ4v) is 0. The second kappa shape index (κ2) is 432. The van der Waals surface area contributed by atoms with Crippen LogP contribution in [0.25, 0.3) is 0 Å².